The number of nitrogens with zero attached hydrogens (tertiary/aromatic N) is 3. The lowest BCUT2D eigenvalue weighted by atomic mass is 10.2. The predicted octanol–water partition coefficient (Wildman–Crippen LogP) is 0.960. The number of hydrogen-bond donors (Lipinski definition) is 1. The van der Waals surface area contributed by atoms with E-state index in [-0.39, 0.29) is 31.4 Å². The average Bonchev–Trinajstić information content (AvgIpc) is 2.59. The van der Waals surface area contributed by atoms with Gasteiger partial charge in [-0.05, 0) is 20.0 Å². The number of halogens is 1. The van der Waals surface area contributed by atoms with Crippen molar-refractivity contribution < 1.29 is 23.9 Å². The molecule has 2 amide bonds. The molecule has 0 fully saturated rings. The van der Waals surface area contributed by atoms with Gasteiger partial charge < -0.3 is 19.7 Å². The number of alkyl halides is 1. The van der Waals surface area contributed by atoms with Gasteiger partial charge in [-0.15, -0.1) is 0 Å². The van der Waals surface area contributed by atoms with Crippen LogP contribution >= 0.6 is 11.6 Å². The molecule has 0 spiro atoms. The number of likely N-dealkylation sites (N-methyl/N-ethyl adjacent to an activating group) is 2. The van der Waals surface area contributed by atoms with E-state index >= 15 is 0 Å². The summed E-state index contributed by atoms with van der Waals surface area (Å²) in [7, 11) is 4.62. The Balaban J connectivity index is 2.69. The summed E-state index contributed by atoms with van der Waals surface area (Å²) in [5, 5.41) is 2.71. The number of pyridine rings is 1. The second kappa shape index (κ2) is 10.6. The van der Waals surface area contributed by atoms with Crippen LogP contribution in [0, 0.1) is 0 Å². The summed E-state index contributed by atoms with van der Waals surface area (Å²) in [4.78, 5) is 42.0. The van der Waals surface area contributed by atoms with Gasteiger partial charge in [0.25, 0.3) is 0 Å². The highest BCUT2D eigenvalue weighted by molar-refractivity contribution is 6.20. The first kappa shape index (κ1) is 21.7. The first-order valence-electron chi connectivity index (χ1n) is 7.82. The quantitative estimate of drug-likeness (QED) is 0.524. The Kier molecular flexibility index (Phi) is 8.80. The van der Waals surface area contributed by atoms with Crippen LogP contribution in [0.15, 0.2) is 18.3 Å². The van der Waals surface area contributed by atoms with Crippen LogP contribution in [-0.4, -0.2) is 67.6 Å². The standard InChI is InChI=1S/C16H23ClN4O5/c1-11(17)26-16(24)21(4)15-12(6-5-7-19-15)10-25-14(23)9-20(3)13(22)8-18-2/h5-7,11,18H,8-10H2,1-4H3. The fraction of sp³-hybridized carbons (Fsp3) is 0.500. The van der Waals surface area contributed by atoms with E-state index < -0.39 is 17.6 Å². The van der Waals surface area contributed by atoms with E-state index in [4.69, 9.17) is 21.1 Å². The van der Waals surface area contributed by atoms with Gasteiger partial charge in [0.05, 0.1) is 6.54 Å². The van der Waals surface area contributed by atoms with Crippen molar-refractivity contribution in [2.75, 3.05) is 39.1 Å². The minimum Gasteiger partial charge on any atom is -0.459 e. The van der Waals surface area contributed by atoms with Gasteiger partial charge in [0.15, 0.2) is 5.56 Å². The van der Waals surface area contributed by atoms with Gasteiger partial charge in [0, 0.05) is 25.9 Å². The number of anilines is 1. The maximum absolute atomic E-state index is 11.9. The fourth-order valence-corrected chi connectivity index (χ4v) is 2.00. The van der Waals surface area contributed by atoms with Crippen LogP contribution in [0.5, 0.6) is 0 Å². The minimum atomic E-state index is -0.791. The molecule has 26 heavy (non-hydrogen) atoms. The maximum atomic E-state index is 11.9. The minimum absolute atomic E-state index is 0.107. The summed E-state index contributed by atoms with van der Waals surface area (Å²) in [6.45, 7) is 1.35. The molecule has 1 N–H and O–H groups in total. The number of hydrogen-bond acceptors (Lipinski definition) is 7. The van der Waals surface area contributed by atoms with Gasteiger partial charge in [-0.1, -0.05) is 17.7 Å². The molecule has 0 aromatic carbocycles. The predicted molar refractivity (Wildman–Crippen MR) is 95.8 cm³/mol. The third kappa shape index (κ3) is 6.85. The van der Waals surface area contributed by atoms with Crippen LogP contribution in [-0.2, 0) is 25.7 Å². The summed E-state index contributed by atoms with van der Waals surface area (Å²) < 4.78 is 10.1. The number of carbonyl (C=O) groups excluding carboxylic acids is 3. The van der Waals surface area contributed by atoms with Crippen molar-refractivity contribution in [2.24, 2.45) is 0 Å². The molecule has 1 aromatic rings. The third-order valence-corrected chi connectivity index (χ3v) is 3.32. The highest BCUT2D eigenvalue weighted by Gasteiger charge is 2.20. The molecule has 1 aromatic heterocycles. The van der Waals surface area contributed by atoms with E-state index in [1.807, 2.05) is 0 Å². The molecule has 0 radical (unpaired) electrons. The van der Waals surface area contributed by atoms with E-state index in [0.29, 0.717) is 5.56 Å². The average molecular weight is 387 g/mol. The van der Waals surface area contributed by atoms with E-state index in [0.717, 1.165) is 0 Å². The van der Waals surface area contributed by atoms with Crippen molar-refractivity contribution in [2.45, 2.75) is 19.1 Å². The number of amides is 2. The second-order valence-corrected chi connectivity index (χ2v) is 6.03. The first-order valence-corrected chi connectivity index (χ1v) is 8.26. The highest BCUT2D eigenvalue weighted by atomic mass is 35.5. The molecule has 10 heteroatoms. The second-order valence-electron chi connectivity index (χ2n) is 5.41. The van der Waals surface area contributed by atoms with Crippen LogP contribution in [0.2, 0.25) is 0 Å². The molecule has 0 saturated carbocycles. The Hall–Kier alpha value is -2.39. The molecule has 9 nitrogen and oxygen atoms in total. The molecular weight excluding hydrogens is 364 g/mol. The van der Waals surface area contributed by atoms with E-state index in [1.54, 1.807) is 19.2 Å². The third-order valence-electron chi connectivity index (χ3n) is 3.23. The Labute approximate surface area is 157 Å². The van der Waals surface area contributed by atoms with E-state index in [2.05, 4.69) is 10.3 Å². The normalized spacial score (nSPS) is 11.4. The lowest BCUT2D eigenvalue weighted by molar-refractivity contribution is -0.149. The van der Waals surface area contributed by atoms with Crippen LogP contribution < -0.4 is 10.2 Å². The van der Waals surface area contributed by atoms with Crippen LogP contribution in [0.4, 0.5) is 10.6 Å². The number of rotatable bonds is 8. The van der Waals surface area contributed by atoms with Gasteiger partial charge in [0.2, 0.25) is 5.91 Å². The number of ether oxygens (including phenoxy) is 2. The molecule has 1 rings (SSSR count). The van der Waals surface area contributed by atoms with Crippen molar-refractivity contribution in [1.82, 2.24) is 15.2 Å². The van der Waals surface area contributed by atoms with Gasteiger partial charge >= 0.3 is 12.1 Å². The molecule has 144 valence electrons. The number of aromatic nitrogens is 1. The summed E-state index contributed by atoms with van der Waals surface area (Å²) in [6, 6.07) is 3.32. The SMILES string of the molecule is CNCC(=O)N(C)CC(=O)OCc1cccnc1N(C)C(=O)OC(C)Cl. The van der Waals surface area contributed by atoms with Crippen molar-refractivity contribution in [1.29, 1.82) is 0 Å². The number of esters is 1. The molecule has 1 unspecified atom stereocenters. The summed E-state index contributed by atoms with van der Waals surface area (Å²) in [5.41, 5.74) is -0.285. The zero-order valence-corrected chi connectivity index (χ0v) is 15.9. The van der Waals surface area contributed by atoms with E-state index in [9.17, 15) is 14.4 Å². The summed E-state index contributed by atoms with van der Waals surface area (Å²) >= 11 is 5.65. The van der Waals surface area contributed by atoms with Crippen LogP contribution in [0.3, 0.4) is 0 Å². The monoisotopic (exact) mass is 386 g/mol. The van der Waals surface area contributed by atoms with Gasteiger partial charge in [-0.3, -0.25) is 14.5 Å². The van der Waals surface area contributed by atoms with Gasteiger partial charge in [-0.25, -0.2) is 9.78 Å². The number of carbonyl (C=O) groups is 3. The van der Waals surface area contributed by atoms with Gasteiger partial charge in [0.1, 0.15) is 19.0 Å². The van der Waals surface area contributed by atoms with Gasteiger partial charge in [-0.2, -0.15) is 0 Å². The molecule has 0 aliphatic heterocycles. The van der Waals surface area contributed by atoms with Crippen LogP contribution in [0.1, 0.15) is 12.5 Å². The zero-order chi connectivity index (χ0) is 19.7. The van der Waals surface area contributed by atoms with Crippen LogP contribution in [0.25, 0.3) is 0 Å². The molecule has 1 atom stereocenters. The smallest absolute Gasteiger partial charge is 0.416 e. The molecule has 0 aliphatic rings. The molecule has 0 aliphatic carbocycles. The Morgan fingerprint density at radius 2 is 2.04 bits per heavy atom. The fourth-order valence-electron chi connectivity index (χ4n) is 1.92. The first-order chi connectivity index (χ1) is 12.3. The Morgan fingerprint density at radius 3 is 2.65 bits per heavy atom. The van der Waals surface area contributed by atoms with Crippen molar-refractivity contribution in [3.05, 3.63) is 23.9 Å². The topological polar surface area (TPSA) is 101 Å². The van der Waals surface area contributed by atoms with Crippen molar-refractivity contribution >= 4 is 35.4 Å². The lowest BCUT2D eigenvalue weighted by Gasteiger charge is -2.20. The highest BCUT2D eigenvalue weighted by Crippen LogP contribution is 2.18. The molecule has 0 saturated heterocycles. The Morgan fingerprint density at radius 1 is 1.35 bits per heavy atom. The van der Waals surface area contributed by atoms with Crippen molar-refractivity contribution in [3.8, 4) is 0 Å². The van der Waals surface area contributed by atoms with Crippen molar-refractivity contribution in [3.63, 3.8) is 0 Å². The molecule has 1 heterocycles. The molecule has 0 bridgehead atoms. The van der Waals surface area contributed by atoms with E-state index in [1.165, 1.54) is 37.0 Å². The lowest BCUT2D eigenvalue weighted by Crippen LogP contribution is -2.38. The Bertz CT molecular complexity index is 641. The maximum Gasteiger partial charge on any atom is 0.416 e. The number of nitrogens with one attached hydrogen (secondary N) is 1. The largest absolute Gasteiger partial charge is 0.459 e. The summed E-state index contributed by atoms with van der Waals surface area (Å²) in [5.74, 6) is -0.530. The zero-order valence-electron chi connectivity index (χ0n) is 15.2. The molecular formula is C16H23ClN4O5. The summed E-state index contributed by atoms with van der Waals surface area (Å²) in [6.07, 6.45) is 0.815.